The summed E-state index contributed by atoms with van der Waals surface area (Å²) < 4.78 is 16.0. The number of hydrogen-bond acceptors (Lipinski definition) is 8. The molecule has 12 heteroatoms. The van der Waals surface area contributed by atoms with Crippen LogP contribution in [-0.4, -0.2) is 65.7 Å². The molecule has 1 aliphatic carbocycles. The fourth-order valence-electron chi connectivity index (χ4n) is 3.31. The average molecular weight is 535 g/mol. The number of primary amides is 1. The van der Waals surface area contributed by atoms with E-state index in [1.807, 2.05) is 30.3 Å². The van der Waals surface area contributed by atoms with Crippen LogP contribution < -0.4 is 21.7 Å². The minimum atomic E-state index is -1.12. The van der Waals surface area contributed by atoms with Crippen molar-refractivity contribution >= 4 is 29.8 Å². The van der Waals surface area contributed by atoms with E-state index in [9.17, 15) is 24.0 Å². The molecular weight excluding hydrogens is 496 g/mol. The van der Waals surface area contributed by atoms with Gasteiger partial charge in [-0.2, -0.15) is 0 Å². The van der Waals surface area contributed by atoms with Crippen LogP contribution in [0.15, 0.2) is 30.3 Å². The molecule has 0 spiro atoms. The Kier molecular flexibility index (Phi) is 11.1. The van der Waals surface area contributed by atoms with Gasteiger partial charge in [0.15, 0.2) is 0 Å². The number of esters is 1. The molecule has 1 aromatic carbocycles. The first-order chi connectivity index (χ1) is 17.7. The van der Waals surface area contributed by atoms with E-state index < -0.39 is 53.6 Å². The maximum absolute atomic E-state index is 12.5. The van der Waals surface area contributed by atoms with Crippen LogP contribution in [0.25, 0.3) is 0 Å². The van der Waals surface area contributed by atoms with Gasteiger partial charge in [-0.3, -0.25) is 19.2 Å². The number of nitrogens with one attached hydrogen (secondary N) is 3. The lowest BCUT2D eigenvalue weighted by Crippen LogP contribution is -2.53. The number of alkyl carbamates (subject to hydrolysis) is 1. The van der Waals surface area contributed by atoms with Gasteiger partial charge >= 0.3 is 12.1 Å². The minimum absolute atomic E-state index is 0.0530. The number of amides is 4. The molecule has 210 valence electrons. The van der Waals surface area contributed by atoms with Crippen LogP contribution in [0.2, 0.25) is 0 Å². The van der Waals surface area contributed by atoms with Crippen molar-refractivity contribution in [2.75, 3.05) is 0 Å². The summed E-state index contributed by atoms with van der Waals surface area (Å²) in [6.45, 7) is 8.32. The Morgan fingerprint density at radius 1 is 1.03 bits per heavy atom. The Bertz CT molecular complexity index is 995. The van der Waals surface area contributed by atoms with Crippen LogP contribution in [0.1, 0.15) is 59.4 Å². The number of nitrogens with two attached hydrogens (primary N) is 1. The first kappa shape index (κ1) is 30.6. The highest BCUT2D eigenvalue weighted by Crippen LogP contribution is 2.27. The molecule has 0 aromatic heterocycles. The third-order valence-corrected chi connectivity index (χ3v) is 5.47. The fourth-order valence-corrected chi connectivity index (χ4v) is 3.31. The number of benzene rings is 1. The zero-order valence-corrected chi connectivity index (χ0v) is 22.4. The fraction of sp³-hybridized carbons (Fsp3) is 0.577. The summed E-state index contributed by atoms with van der Waals surface area (Å²) in [6, 6.07) is 6.72. The largest absolute Gasteiger partial charge is 0.461 e. The Morgan fingerprint density at radius 2 is 1.68 bits per heavy atom. The molecule has 0 bridgehead atoms. The van der Waals surface area contributed by atoms with Gasteiger partial charge in [-0.25, -0.2) is 4.79 Å². The molecular formula is C26H38N4O8. The maximum atomic E-state index is 12.5. The van der Waals surface area contributed by atoms with Crippen molar-refractivity contribution in [1.29, 1.82) is 0 Å². The van der Waals surface area contributed by atoms with E-state index in [1.54, 1.807) is 20.8 Å². The van der Waals surface area contributed by atoms with Crippen LogP contribution in [0.4, 0.5) is 4.79 Å². The Hall–Kier alpha value is -3.67. The maximum Gasteiger partial charge on any atom is 0.407 e. The lowest BCUT2D eigenvalue weighted by atomic mass is 10.1. The molecule has 1 saturated carbocycles. The van der Waals surface area contributed by atoms with Gasteiger partial charge in [0.25, 0.3) is 0 Å². The molecule has 0 aliphatic heterocycles. The van der Waals surface area contributed by atoms with Gasteiger partial charge in [-0.15, -0.1) is 0 Å². The van der Waals surface area contributed by atoms with E-state index in [2.05, 4.69) is 16.0 Å². The van der Waals surface area contributed by atoms with E-state index >= 15 is 0 Å². The molecule has 0 heterocycles. The highest BCUT2D eigenvalue weighted by atomic mass is 16.6. The van der Waals surface area contributed by atoms with Crippen LogP contribution in [-0.2, 0) is 40.0 Å². The van der Waals surface area contributed by atoms with E-state index in [-0.39, 0.29) is 31.6 Å². The Balaban J connectivity index is 1.72. The van der Waals surface area contributed by atoms with Crippen molar-refractivity contribution in [3.8, 4) is 0 Å². The van der Waals surface area contributed by atoms with E-state index in [0.29, 0.717) is 6.42 Å². The summed E-state index contributed by atoms with van der Waals surface area (Å²) in [4.78, 5) is 60.7. The van der Waals surface area contributed by atoms with Crippen molar-refractivity contribution in [1.82, 2.24) is 16.0 Å². The van der Waals surface area contributed by atoms with E-state index in [0.717, 1.165) is 5.56 Å². The molecule has 0 unspecified atom stereocenters. The first-order valence-electron chi connectivity index (χ1n) is 12.5. The molecule has 2 rings (SSSR count). The number of hydrogen-bond donors (Lipinski definition) is 4. The summed E-state index contributed by atoms with van der Waals surface area (Å²) in [7, 11) is 0. The molecule has 0 radical (unpaired) electrons. The monoisotopic (exact) mass is 534 g/mol. The third-order valence-electron chi connectivity index (χ3n) is 5.47. The quantitative estimate of drug-likeness (QED) is 0.272. The second-order valence-electron chi connectivity index (χ2n) is 10.2. The second-order valence-corrected chi connectivity index (χ2v) is 10.2. The molecule has 12 nitrogen and oxygen atoms in total. The third kappa shape index (κ3) is 11.2. The molecule has 0 saturated heterocycles. The van der Waals surface area contributed by atoms with Crippen LogP contribution in [0.3, 0.4) is 0 Å². The second kappa shape index (κ2) is 13.8. The number of carbonyl (C=O) groups excluding carboxylic acids is 5. The summed E-state index contributed by atoms with van der Waals surface area (Å²) in [5, 5.41) is 7.64. The highest BCUT2D eigenvalue weighted by Gasteiger charge is 2.42. The molecule has 1 fully saturated rings. The van der Waals surface area contributed by atoms with Crippen LogP contribution in [0, 0.1) is 0 Å². The van der Waals surface area contributed by atoms with Crippen molar-refractivity contribution in [3.05, 3.63) is 35.9 Å². The van der Waals surface area contributed by atoms with E-state index in [1.165, 1.54) is 13.8 Å². The Labute approximate surface area is 222 Å². The summed E-state index contributed by atoms with van der Waals surface area (Å²) in [5.41, 5.74) is 5.57. The molecule has 5 atom stereocenters. The van der Waals surface area contributed by atoms with Gasteiger partial charge in [-0.1, -0.05) is 30.3 Å². The molecule has 1 aliphatic rings. The standard InChI is InChI=1S/C26H38N4O8/c1-15(28-24(34)16(2)37-20-13-19(20)30-25(35)38-26(3,4)5)23(33)29-18(22(27)32)11-12-21(31)36-14-17-9-7-6-8-10-17/h6-10,15-16,18-20H,11-14H2,1-5H3,(H2,27,32)(H,28,34)(H,29,33)(H,30,35)/t15-,16+,18+,19+,20-/m0/s1. The van der Waals surface area contributed by atoms with Crippen molar-refractivity contribution in [2.45, 2.75) is 96.4 Å². The zero-order chi connectivity index (χ0) is 28.5. The van der Waals surface area contributed by atoms with Gasteiger partial charge in [0, 0.05) is 6.42 Å². The lowest BCUT2D eigenvalue weighted by Gasteiger charge is -2.21. The van der Waals surface area contributed by atoms with Gasteiger partial charge in [0.1, 0.15) is 30.4 Å². The van der Waals surface area contributed by atoms with Crippen LogP contribution in [0.5, 0.6) is 0 Å². The van der Waals surface area contributed by atoms with Crippen molar-refractivity contribution in [2.24, 2.45) is 5.73 Å². The molecule has 1 aromatic rings. The summed E-state index contributed by atoms with van der Waals surface area (Å²) in [5.74, 6) is -2.55. The lowest BCUT2D eigenvalue weighted by molar-refractivity contribution is -0.145. The van der Waals surface area contributed by atoms with Crippen LogP contribution >= 0.6 is 0 Å². The molecule has 38 heavy (non-hydrogen) atoms. The number of rotatable bonds is 13. The highest BCUT2D eigenvalue weighted by molar-refractivity contribution is 5.92. The van der Waals surface area contributed by atoms with Gasteiger partial charge in [0.05, 0.1) is 12.1 Å². The van der Waals surface area contributed by atoms with Gasteiger partial charge in [-0.05, 0) is 53.0 Å². The summed E-state index contributed by atoms with van der Waals surface area (Å²) >= 11 is 0. The van der Waals surface area contributed by atoms with Gasteiger partial charge < -0.3 is 35.9 Å². The average Bonchev–Trinajstić information content (AvgIpc) is 3.55. The predicted octanol–water partition coefficient (Wildman–Crippen LogP) is 1.06. The first-order valence-corrected chi connectivity index (χ1v) is 12.5. The number of ether oxygens (including phenoxy) is 3. The number of carbonyl (C=O) groups is 5. The Morgan fingerprint density at radius 3 is 2.29 bits per heavy atom. The predicted molar refractivity (Wildman–Crippen MR) is 136 cm³/mol. The van der Waals surface area contributed by atoms with Crippen molar-refractivity contribution in [3.63, 3.8) is 0 Å². The van der Waals surface area contributed by atoms with Crippen molar-refractivity contribution < 1.29 is 38.2 Å². The van der Waals surface area contributed by atoms with Gasteiger partial charge in [0.2, 0.25) is 17.7 Å². The zero-order valence-electron chi connectivity index (χ0n) is 22.4. The normalized spacial score (nSPS) is 18.8. The minimum Gasteiger partial charge on any atom is -0.461 e. The van der Waals surface area contributed by atoms with E-state index in [4.69, 9.17) is 19.9 Å². The summed E-state index contributed by atoms with van der Waals surface area (Å²) in [6.07, 6.45) is -1.47. The SMILES string of the molecule is C[C@H](NC(=O)[C@@H](C)O[C@H]1C[C@H]1NC(=O)OC(C)(C)C)C(=O)N[C@H](CCC(=O)OCc1ccccc1)C(N)=O. The molecule has 4 amide bonds. The topological polar surface area (TPSA) is 175 Å². The molecule has 5 N–H and O–H groups in total. The smallest absolute Gasteiger partial charge is 0.407 e.